The standard InChI is InChI=1S/C20H23FN4O2/c1-24-19(13-26)22-23-20(24)14-5-4-10-25(11-14)12-15-8-9-18(27-15)16-6-2-3-7-17(16)21/h2-3,6-9,14,26H,4-5,10-13H2,1H3/t14-/m1/s1. The van der Waals surface area contributed by atoms with E-state index in [0.29, 0.717) is 23.7 Å². The first-order valence-corrected chi connectivity index (χ1v) is 9.20. The Morgan fingerprint density at radius 2 is 2.07 bits per heavy atom. The topological polar surface area (TPSA) is 67.3 Å². The number of aliphatic hydroxyl groups excluding tert-OH is 1. The first kappa shape index (κ1) is 17.9. The number of benzene rings is 1. The van der Waals surface area contributed by atoms with Gasteiger partial charge in [-0.25, -0.2) is 4.39 Å². The van der Waals surface area contributed by atoms with E-state index >= 15 is 0 Å². The van der Waals surface area contributed by atoms with Crippen molar-refractivity contribution in [3.8, 4) is 11.3 Å². The van der Waals surface area contributed by atoms with Crippen LogP contribution < -0.4 is 0 Å². The van der Waals surface area contributed by atoms with Crippen molar-refractivity contribution in [1.82, 2.24) is 19.7 Å². The second-order valence-electron chi connectivity index (χ2n) is 7.01. The van der Waals surface area contributed by atoms with Crippen LogP contribution in [0.15, 0.2) is 40.8 Å². The molecule has 1 atom stereocenters. The average Bonchev–Trinajstić information content (AvgIpc) is 3.29. The molecule has 1 saturated heterocycles. The lowest BCUT2D eigenvalue weighted by Crippen LogP contribution is -2.34. The molecule has 0 amide bonds. The molecule has 0 radical (unpaired) electrons. The Morgan fingerprint density at radius 3 is 2.85 bits per heavy atom. The van der Waals surface area contributed by atoms with Gasteiger partial charge < -0.3 is 14.1 Å². The molecule has 7 heteroatoms. The number of halogens is 1. The Hall–Kier alpha value is -2.51. The number of hydrogen-bond donors (Lipinski definition) is 1. The van der Waals surface area contributed by atoms with Crippen LogP contribution in [-0.2, 0) is 20.2 Å². The molecule has 0 aliphatic carbocycles. The van der Waals surface area contributed by atoms with Crippen LogP contribution in [0.25, 0.3) is 11.3 Å². The Kier molecular flexibility index (Phi) is 5.05. The van der Waals surface area contributed by atoms with Gasteiger partial charge >= 0.3 is 0 Å². The first-order valence-electron chi connectivity index (χ1n) is 9.20. The highest BCUT2D eigenvalue weighted by atomic mass is 19.1. The number of likely N-dealkylation sites (tertiary alicyclic amines) is 1. The zero-order chi connectivity index (χ0) is 18.8. The molecule has 0 saturated carbocycles. The van der Waals surface area contributed by atoms with Crippen molar-refractivity contribution in [3.63, 3.8) is 0 Å². The summed E-state index contributed by atoms with van der Waals surface area (Å²) in [4.78, 5) is 2.32. The van der Waals surface area contributed by atoms with E-state index in [1.54, 1.807) is 18.2 Å². The fourth-order valence-corrected chi connectivity index (χ4v) is 3.77. The lowest BCUT2D eigenvalue weighted by Gasteiger charge is -2.31. The molecule has 1 aliphatic rings. The third kappa shape index (κ3) is 3.65. The van der Waals surface area contributed by atoms with Gasteiger partial charge in [0.05, 0.1) is 12.1 Å². The molecule has 0 bridgehead atoms. The summed E-state index contributed by atoms with van der Waals surface area (Å²) in [5.74, 6) is 2.87. The fraction of sp³-hybridized carbons (Fsp3) is 0.400. The third-order valence-electron chi connectivity index (χ3n) is 5.19. The highest BCUT2D eigenvalue weighted by molar-refractivity contribution is 5.58. The lowest BCUT2D eigenvalue weighted by atomic mass is 9.97. The van der Waals surface area contributed by atoms with Gasteiger partial charge in [-0.1, -0.05) is 12.1 Å². The largest absolute Gasteiger partial charge is 0.460 e. The number of aliphatic hydroxyl groups is 1. The van der Waals surface area contributed by atoms with E-state index in [2.05, 4.69) is 15.1 Å². The van der Waals surface area contributed by atoms with Gasteiger partial charge in [0.1, 0.15) is 29.8 Å². The van der Waals surface area contributed by atoms with Crippen molar-refractivity contribution in [2.45, 2.75) is 31.9 Å². The summed E-state index contributed by atoms with van der Waals surface area (Å²) in [6.07, 6.45) is 2.11. The number of hydrogen-bond acceptors (Lipinski definition) is 5. The molecule has 27 heavy (non-hydrogen) atoms. The number of piperidine rings is 1. The number of rotatable bonds is 5. The monoisotopic (exact) mass is 370 g/mol. The highest BCUT2D eigenvalue weighted by Crippen LogP contribution is 2.29. The molecule has 6 nitrogen and oxygen atoms in total. The Morgan fingerprint density at radius 1 is 1.22 bits per heavy atom. The fourth-order valence-electron chi connectivity index (χ4n) is 3.77. The molecule has 1 fully saturated rings. The number of aromatic nitrogens is 3. The summed E-state index contributed by atoms with van der Waals surface area (Å²) in [6.45, 7) is 2.41. The van der Waals surface area contributed by atoms with E-state index in [1.807, 2.05) is 23.7 Å². The highest BCUT2D eigenvalue weighted by Gasteiger charge is 2.26. The van der Waals surface area contributed by atoms with Gasteiger partial charge in [-0.15, -0.1) is 10.2 Å². The van der Waals surface area contributed by atoms with Gasteiger partial charge in [0.15, 0.2) is 5.82 Å². The van der Waals surface area contributed by atoms with Crippen molar-refractivity contribution in [1.29, 1.82) is 0 Å². The minimum absolute atomic E-state index is 0.106. The number of furan rings is 1. The number of nitrogens with zero attached hydrogens (tertiary/aromatic N) is 4. The second kappa shape index (κ2) is 7.62. The zero-order valence-electron chi connectivity index (χ0n) is 15.3. The Labute approximate surface area is 157 Å². The van der Waals surface area contributed by atoms with E-state index in [1.165, 1.54) is 6.07 Å². The molecule has 1 N–H and O–H groups in total. The summed E-state index contributed by atoms with van der Waals surface area (Å²) >= 11 is 0. The molecule has 3 heterocycles. The minimum Gasteiger partial charge on any atom is -0.460 e. The van der Waals surface area contributed by atoms with Crippen LogP contribution >= 0.6 is 0 Å². The Bertz CT molecular complexity index is 920. The third-order valence-corrected chi connectivity index (χ3v) is 5.19. The first-order chi connectivity index (χ1) is 13.2. The SMILES string of the molecule is Cn1c(CO)nnc1[C@@H]1CCCN(Cc2ccc(-c3ccccc3F)o2)C1. The zero-order valence-corrected chi connectivity index (χ0v) is 15.3. The normalized spacial score (nSPS) is 18.1. The van der Waals surface area contributed by atoms with Crippen molar-refractivity contribution < 1.29 is 13.9 Å². The smallest absolute Gasteiger partial charge is 0.158 e. The summed E-state index contributed by atoms with van der Waals surface area (Å²) in [6, 6.07) is 10.4. The van der Waals surface area contributed by atoms with E-state index in [4.69, 9.17) is 4.42 Å². The summed E-state index contributed by atoms with van der Waals surface area (Å²) < 4.78 is 21.7. The quantitative estimate of drug-likeness (QED) is 0.748. The minimum atomic E-state index is -0.279. The molecule has 2 aromatic heterocycles. The van der Waals surface area contributed by atoms with E-state index in [-0.39, 0.29) is 18.3 Å². The molecule has 0 spiro atoms. The van der Waals surface area contributed by atoms with Crippen molar-refractivity contribution in [2.24, 2.45) is 7.05 Å². The van der Waals surface area contributed by atoms with Crippen LogP contribution in [0.5, 0.6) is 0 Å². The van der Waals surface area contributed by atoms with Gasteiger partial charge in [-0.3, -0.25) is 4.90 Å². The van der Waals surface area contributed by atoms with E-state index in [9.17, 15) is 9.50 Å². The van der Waals surface area contributed by atoms with Gasteiger partial charge in [-0.05, 0) is 43.7 Å². The Balaban J connectivity index is 1.45. The van der Waals surface area contributed by atoms with Crippen LogP contribution in [0.3, 0.4) is 0 Å². The molecule has 4 rings (SSSR count). The van der Waals surface area contributed by atoms with Crippen LogP contribution in [0, 0.1) is 5.82 Å². The second-order valence-corrected chi connectivity index (χ2v) is 7.01. The van der Waals surface area contributed by atoms with Crippen LogP contribution in [0.1, 0.15) is 36.2 Å². The summed E-state index contributed by atoms with van der Waals surface area (Å²) in [7, 11) is 1.90. The predicted molar refractivity (Wildman–Crippen MR) is 98.3 cm³/mol. The summed E-state index contributed by atoms with van der Waals surface area (Å²) in [5.41, 5.74) is 0.482. The molecule has 1 aromatic carbocycles. The maximum atomic E-state index is 13.9. The van der Waals surface area contributed by atoms with Crippen molar-refractivity contribution in [3.05, 3.63) is 59.6 Å². The maximum absolute atomic E-state index is 13.9. The molecule has 0 unspecified atom stereocenters. The molecular formula is C20H23FN4O2. The van der Waals surface area contributed by atoms with E-state index in [0.717, 1.165) is 37.5 Å². The van der Waals surface area contributed by atoms with Crippen LogP contribution in [0.4, 0.5) is 4.39 Å². The van der Waals surface area contributed by atoms with Crippen molar-refractivity contribution >= 4 is 0 Å². The summed E-state index contributed by atoms with van der Waals surface area (Å²) in [5, 5.41) is 17.6. The van der Waals surface area contributed by atoms with Gasteiger partial charge in [-0.2, -0.15) is 0 Å². The van der Waals surface area contributed by atoms with Crippen molar-refractivity contribution in [2.75, 3.05) is 13.1 Å². The van der Waals surface area contributed by atoms with Gasteiger partial charge in [0.2, 0.25) is 0 Å². The molecule has 1 aliphatic heterocycles. The lowest BCUT2D eigenvalue weighted by molar-refractivity contribution is 0.182. The van der Waals surface area contributed by atoms with Gasteiger partial charge in [0.25, 0.3) is 0 Å². The van der Waals surface area contributed by atoms with Crippen LogP contribution in [-0.4, -0.2) is 37.9 Å². The average molecular weight is 370 g/mol. The molecular weight excluding hydrogens is 347 g/mol. The molecule has 142 valence electrons. The maximum Gasteiger partial charge on any atom is 0.158 e. The van der Waals surface area contributed by atoms with E-state index < -0.39 is 0 Å². The van der Waals surface area contributed by atoms with Gasteiger partial charge in [0, 0.05) is 19.5 Å². The van der Waals surface area contributed by atoms with Crippen LogP contribution in [0.2, 0.25) is 0 Å². The molecule has 3 aromatic rings. The predicted octanol–water partition coefficient (Wildman–Crippen LogP) is 3.09.